The number of rotatable bonds is 15. The van der Waals surface area contributed by atoms with Gasteiger partial charge in [0.15, 0.2) is 0 Å². The summed E-state index contributed by atoms with van der Waals surface area (Å²) < 4.78 is 7.13. The third kappa shape index (κ3) is 11.8. The Balaban J connectivity index is 0.554. The number of hydrogen-bond acceptors (Lipinski definition) is 4. The molecular weight excluding hydrogens is 1640 g/mol. The summed E-state index contributed by atoms with van der Waals surface area (Å²) in [4.78, 5) is 2.20. The first-order valence-corrected chi connectivity index (χ1v) is 46.6. The van der Waals surface area contributed by atoms with Crippen molar-refractivity contribution in [1.29, 1.82) is 5.41 Å². The van der Waals surface area contributed by atoms with Crippen LogP contribution in [0.2, 0.25) is 0 Å². The van der Waals surface area contributed by atoms with Gasteiger partial charge in [-0.2, -0.15) is 0 Å². The predicted molar refractivity (Wildman–Crippen MR) is 560 cm³/mol. The Morgan fingerprint density at radius 2 is 0.507 bits per heavy atom. The molecule has 21 aromatic rings. The van der Waals surface area contributed by atoms with Crippen molar-refractivity contribution in [3.8, 4) is 117 Å². The van der Waals surface area contributed by atoms with Crippen LogP contribution in [-0.4, -0.2) is 16.0 Å². The van der Waals surface area contributed by atoms with Gasteiger partial charge in [-0.25, -0.2) is 4.40 Å². The number of hydrogen-bond donors (Lipinski definition) is 2. The van der Waals surface area contributed by atoms with E-state index in [0.717, 1.165) is 100 Å². The van der Waals surface area contributed by atoms with Crippen molar-refractivity contribution in [2.45, 2.75) is 16.2 Å². The zero-order valence-corrected chi connectivity index (χ0v) is 74.0. The van der Waals surface area contributed by atoms with Crippen LogP contribution in [0.4, 0.5) is 11.4 Å². The van der Waals surface area contributed by atoms with Gasteiger partial charge < -0.3 is 9.47 Å². The van der Waals surface area contributed by atoms with Crippen LogP contribution < -0.4 is 4.90 Å². The molecule has 5 aliphatic rings. The van der Waals surface area contributed by atoms with Gasteiger partial charge in [0.1, 0.15) is 5.71 Å². The van der Waals surface area contributed by atoms with E-state index < -0.39 is 16.2 Å². The van der Waals surface area contributed by atoms with Crippen molar-refractivity contribution >= 4 is 63.0 Å². The van der Waals surface area contributed by atoms with E-state index in [4.69, 9.17) is 17.2 Å². The summed E-state index contributed by atoms with van der Waals surface area (Å²) in [5, 5.41) is 12.5. The zero-order valence-electron chi connectivity index (χ0n) is 73.1. The van der Waals surface area contributed by atoms with Crippen molar-refractivity contribution in [2.75, 3.05) is 4.90 Å². The first kappa shape index (κ1) is 78.2. The van der Waals surface area contributed by atoms with E-state index in [-0.39, 0.29) is 5.71 Å². The maximum absolute atomic E-state index is 10.2. The standard InChI is InChI=1S/C129H84N4S/c130-125-103(75-78-124(126(125)131-134)132(100-67-55-85(56-68-100)83-25-5-1-6-26-83)101-69-57-86(58-70-101)84-53-65-99(66-54-84)127(96-27-7-2-8-28-96,97-29-9-3-10-30-97)98-31-11-4-12-32-98)91-59-71-102(72-60-91)133-122-76-63-92(87-45-49-89(50-46-87)94-61-73-110-108-37-17-23-43-118(108)128(120(110)81-94)114-39-19-13-33-104(114)105-34-14-20-40-115(105)128)79-112(122)113-80-93(64-77-123(113)133)88-47-51-90(52-48-88)95-62-74-111-109-38-18-24-44-119(109)129(121(111)82-95)116-41-21-15-35-106(116)107-36-16-22-42-117(107)129/h1-82,130,134H. The van der Waals surface area contributed by atoms with Gasteiger partial charge in [-0.1, -0.05) is 413 Å². The van der Waals surface area contributed by atoms with Crippen LogP contribution in [0.3, 0.4) is 0 Å². The fourth-order valence-electron chi connectivity index (χ4n) is 23.5. The molecule has 1 aromatic heterocycles. The molecule has 4 nitrogen and oxygen atoms in total. The van der Waals surface area contributed by atoms with Crippen LogP contribution in [0.25, 0.3) is 144 Å². The van der Waals surface area contributed by atoms with Crippen molar-refractivity contribution in [1.82, 2.24) is 4.57 Å². The first-order chi connectivity index (χ1) is 66.3. The van der Waals surface area contributed by atoms with Crippen molar-refractivity contribution in [3.63, 3.8) is 0 Å². The molecule has 0 saturated carbocycles. The minimum absolute atomic E-state index is 0.268. The highest BCUT2D eigenvalue weighted by atomic mass is 32.1. The minimum atomic E-state index is -0.565. The third-order valence-electron chi connectivity index (χ3n) is 29.4. The van der Waals surface area contributed by atoms with Gasteiger partial charge in [-0.05, 0) is 281 Å². The largest absolute Gasteiger partial charge is 0.309 e. The van der Waals surface area contributed by atoms with Gasteiger partial charge in [0.25, 0.3) is 0 Å². The molecule has 1 heterocycles. The Hall–Kier alpha value is -16.8. The van der Waals surface area contributed by atoms with Crippen LogP contribution in [0, 0.1) is 5.41 Å². The highest BCUT2D eigenvalue weighted by Crippen LogP contribution is 2.66. The Kier molecular flexibility index (Phi) is 18.2. The van der Waals surface area contributed by atoms with Gasteiger partial charge in [-0.15, -0.1) is 0 Å². The van der Waals surface area contributed by atoms with Crippen molar-refractivity contribution in [2.24, 2.45) is 4.40 Å². The molecule has 0 saturated heterocycles. The fourth-order valence-corrected chi connectivity index (χ4v) is 23.7. The monoisotopic (exact) mass is 1720 g/mol. The van der Waals surface area contributed by atoms with Crippen molar-refractivity contribution in [3.05, 3.63) is 575 Å². The predicted octanol–water partition coefficient (Wildman–Crippen LogP) is 32.3. The molecular formula is C129H84N4S. The van der Waals surface area contributed by atoms with Gasteiger partial charge in [-0.3, -0.25) is 5.41 Å². The van der Waals surface area contributed by atoms with Crippen LogP contribution in [0.15, 0.2) is 508 Å². The van der Waals surface area contributed by atoms with Crippen LogP contribution >= 0.6 is 12.8 Å². The van der Waals surface area contributed by atoms with E-state index in [9.17, 15) is 5.41 Å². The summed E-state index contributed by atoms with van der Waals surface area (Å²) in [5.41, 5.74) is 46.2. The van der Waals surface area contributed by atoms with Crippen molar-refractivity contribution < 1.29 is 0 Å². The lowest BCUT2D eigenvalue weighted by Crippen LogP contribution is -2.30. The summed E-state index contributed by atoms with van der Waals surface area (Å²) in [6, 6.07) is 179. The molecule has 2 spiro atoms. The first-order valence-electron chi connectivity index (χ1n) is 46.2. The van der Waals surface area contributed by atoms with Gasteiger partial charge in [0.05, 0.1) is 38.7 Å². The fraction of sp³-hybridized carbons (Fsp3) is 0.0233. The van der Waals surface area contributed by atoms with E-state index in [2.05, 4.69) is 501 Å². The van der Waals surface area contributed by atoms with E-state index >= 15 is 0 Å². The van der Waals surface area contributed by atoms with E-state index in [0.29, 0.717) is 5.71 Å². The number of benzene rings is 20. The zero-order chi connectivity index (χ0) is 88.7. The quantitative estimate of drug-likeness (QED) is 0.0600. The second-order valence-electron chi connectivity index (χ2n) is 36.0. The maximum atomic E-state index is 10.2. The normalized spacial score (nSPS) is 13.9. The Bertz CT molecular complexity index is 7920. The molecule has 134 heavy (non-hydrogen) atoms. The third-order valence-corrected chi connectivity index (χ3v) is 29.6. The highest BCUT2D eigenvalue weighted by Gasteiger charge is 2.54. The smallest absolute Gasteiger partial charge is 0.121 e. The summed E-state index contributed by atoms with van der Waals surface area (Å²) in [6.45, 7) is 0. The Morgan fingerprint density at radius 1 is 0.239 bits per heavy atom. The molecule has 0 atom stereocenters. The summed E-state index contributed by atoms with van der Waals surface area (Å²) in [6.07, 6.45) is 4.17. The number of allylic oxidation sites excluding steroid dienone is 4. The number of fused-ring (bicyclic) bond motifs is 23. The molecule has 0 unspecified atom stereocenters. The molecule has 0 aliphatic heterocycles. The van der Waals surface area contributed by atoms with Crippen LogP contribution in [0.1, 0.15) is 72.3 Å². The van der Waals surface area contributed by atoms with E-state index in [1.165, 1.54) is 134 Å². The van der Waals surface area contributed by atoms with Crippen LogP contribution in [-0.2, 0) is 16.2 Å². The molecule has 0 radical (unpaired) electrons. The van der Waals surface area contributed by atoms with Gasteiger partial charge in [0.2, 0.25) is 0 Å². The SMILES string of the molecule is N=C1C(c2ccc(-n3c4ccc(-c5ccc(-c6ccc7c(c6)C6(c8ccccc8-c8ccccc86)c6ccccc6-7)cc5)cc4c4cc(-c5ccc(-c6ccc7c(c6)C6(c8ccccc8-c8ccccc86)c6ccccc6-7)cc5)ccc43)cc2)=CC=C(N(c2ccc(-c3ccccc3)cc2)c2ccc(-c3ccc(C(c4ccccc4)(c4ccccc4)c4ccccc4)cc3)cc2)C1=NS. The second kappa shape index (κ2) is 31.2. The number of nitrogens with one attached hydrogen (secondary N) is 1. The summed E-state index contributed by atoms with van der Waals surface area (Å²) in [7, 11) is 0. The highest BCUT2D eigenvalue weighted by molar-refractivity contribution is 7.79. The number of nitrogens with zero attached hydrogens (tertiary/aromatic N) is 3. The minimum Gasteiger partial charge on any atom is -0.309 e. The molecule has 0 bridgehead atoms. The molecule has 5 heteroatoms. The molecule has 5 aliphatic carbocycles. The topological polar surface area (TPSA) is 44.4 Å². The molecule has 626 valence electrons. The van der Waals surface area contributed by atoms with E-state index in [1.54, 1.807) is 0 Å². The molecule has 0 amide bonds. The summed E-state index contributed by atoms with van der Waals surface area (Å²) in [5.74, 6) is 0. The maximum Gasteiger partial charge on any atom is 0.121 e. The Morgan fingerprint density at radius 3 is 0.866 bits per heavy atom. The molecule has 26 rings (SSSR count). The Labute approximate surface area is 785 Å². The lowest BCUT2D eigenvalue weighted by molar-refractivity contribution is 0.745. The number of thiol groups is 1. The lowest BCUT2D eigenvalue weighted by atomic mass is 9.65. The molecule has 0 fully saturated rings. The molecule has 1 N–H and O–H groups in total. The average molecular weight is 1720 g/mol. The number of aromatic nitrogens is 1. The van der Waals surface area contributed by atoms with Gasteiger partial charge in [0, 0.05) is 33.4 Å². The number of anilines is 2. The van der Waals surface area contributed by atoms with Crippen LogP contribution in [0.5, 0.6) is 0 Å². The van der Waals surface area contributed by atoms with Gasteiger partial charge >= 0.3 is 0 Å². The summed E-state index contributed by atoms with van der Waals surface area (Å²) >= 11 is 4.75. The second-order valence-corrected chi connectivity index (χ2v) is 36.2. The molecule has 20 aromatic carbocycles. The lowest BCUT2D eigenvalue weighted by Gasteiger charge is -2.37. The van der Waals surface area contributed by atoms with E-state index in [1.807, 2.05) is 6.07 Å². The average Bonchev–Trinajstić information content (AvgIpc) is 1.51.